The summed E-state index contributed by atoms with van der Waals surface area (Å²) in [5.41, 5.74) is -0.196. The molecule has 0 radical (unpaired) electrons. The van der Waals surface area contributed by atoms with Crippen LogP contribution in [0.5, 0.6) is 0 Å². The van der Waals surface area contributed by atoms with Gasteiger partial charge in [-0.15, -0.1) is 0 Å². The lowest BCUT2D eigenvalue weighted by atomic mass is 9.88. The molecule has 3 rings (SSSR count). The molecule has 1 saturated heterocycles. The molecular weight excluding hydrogens is 280 g/mol. The number of amides is 1. The van der Waals surface area contributed by atoms with Gasteiger partial charge in [0.25, 0.3) is 0 Å². The van der Waals surface area contributed by atoms with E-state index in [-0.39, 0.29) is 16.9 Å². The zero-order chi connectivity index (χ0) is 15.6. The second-order valence-corrected chi connectivity index (χ2v) is 6.93. The quantitative estimate of drug-likeness (QED) is 0.848. The van der Waals surface area contributed by atoms with Gasteiger partial charge in [-0.2, -0.15) is 0 Å². The molecule has 0 bridgehead atoms. The van der Waals surface area contributed by atoms with Gasteiger partial charge in [-0.1, -0.05) is 0 Å². The third-order valence-electron chi connectivity index (χ3n) is 5.33. The van der Waals surface area contributed by atoms with Crippen LogP contribution >= 0.6 is 0 Å². The molecular formula is C16H26N4O2. The van der Waals surface area contributed by atoms with Gasteiger partial charge in [0, 0.05) is 44.2 Å². The predicted octanol–water partition coefficient (Wildman–Crippen LogP) is 0.890. The summed E-state index contributed by atoms with van der Waals surface area (Å²) in [5, 5.41) is 3.22. The van der Waals surface area contributed by atoms with Gasteiger partial charge in [0.05, 0.1) is 11.7 Å². The second kappa shape index (κ2) is 6.01. The van der Waals surface area contributed by atoms with Crippen LogP contribution < -0.4 is 5.32 Å². The number of aromatic nitrogens is 2. The van der Waals surface area contributed by atoms with E-state index < -0.39 is 0 Å². The molecule has 0 unspecified atom stereocenters. The van der Waals surface area contributed by atoms with Crippen molar-refractivity contribution in [2.45, 2.75) is 37.8 Å². The number of nitrogens with one attached hydrogen (secondary N) is 1. The largest absolute Gasteiger partial charge is 0.381 e. The summed E-state index contributed by atoms with van der Waals surface area (Å²) in [6, 6.07) is 0. The number of rotatable bonds is 6. The molecule has 1 aromatic heterocycles. The molecule has 1 N–H and O–H groups in total. The van der Waals surface area contributed by atoms with E-state index >= 15 is 0 Å². The Morgan fingerprint density at radius 1 is 1.32 bits per heavy atom. The van der Waals surface area contributed by atoms with Gasteiger partial charge >= 0.3 is 0 Å². The van der Waals surface area contributed by atoms with Gasteiger partial charge in [-0.05, 0) is 39.8 Å². The Hall–Kier alpha value is -1.40. The van der Waals surface area contributed by atoms with Gasteiger partial charge in [0.2, 0.25) is 5.91 Å². The third kappa shape index (κ3) is 3.03. The van der Waals surface area contributed by atoms with Gasteiger partial charge < -0.3 is 19.5 Å². The van der Waals surface area contributed by atoms with E-state index in [1.54, 1.807) is 12.5 Å². The molecule has 1 aliphatic heterocycles. The van der Waals surface area contributed by atoms with Crippen LogP contribution in [0.4, 0.5) is 0 Å². The van der Waals surface area contributed by atoms with Crippen molar-refractivity contribution in [2.75, 3.05) is 33.9 Å². The highest BCUT2D eigenvalue weighted by atomic mass is 16.5. The summed E-state index contributed by atoms with van der Waals surface area (Å²) in [6.07, 6.45) is 9.34. The maximum atomic E-state index is 12.7. The van der Waals surface area contributed by atoms with E-state index in [1.165, 1.54) is 0 Å². The number of hydrogen-bond donors (Lipinski definition) is 1. The molecule has 0 aromatic carbocycles. The van der Waals surface area contributed by atoms with Crippen molar-refractivity contribution in [1.29, 1.82) is 0 Å². The predicted molar refractivity (Wildman–Crippen MR) is 83.4 cm³/mol. The Balaban J connectivity index is 1.59. The van der Waals surface area contributed by atoms with Crippen molar-refractivity contribution < 1.29 is 9.53 Å². The molecule has 1 amide bonds. The first-order chi connectivity index (χ1) is 10.6. The Morgan fingerprint density at radius 2 is 2.05 bits per heavy atom. The van der Waals surface area contributed by atoms with Crippen LogP contribution in [0.15, 0.2) is 18.7 Å². The molecule has 6 nitrogen and oxygen atoms in total. The summed E-state index contributed by atoms with van der Waals surface area (Å²) >= 11 is 0. The number of nitrogens with zero attached hydrogens (tertiary/aromatic N) is 3. The van der Waals surface area contributed by atoms with Crippen LogP contribution in [0.25, 0.3) is 0 Å². The van der Waals surface area contributed by atoms with Crippen LogP contribution in [0.1, 0.15) is 25.7 Å². The van der Waals surface area contributed by atoms with Crippen molar-refractivity contribution in [2.24, 2.45) is 5.41 Å². The summed E-state index contributed by atoms with van der Waals surface area (Å²) in [5.74, 6) is 0.189. The van der Waals surface area contributed by atoms with Crippen LogP contribution in [-0.2, 0) is 16.1 Å². The lowest BCUT2D eigenvalue weighted by Crippen LogP contribution is -2.56. The van der Waals surface area contributed by atoms with Gasteiger partial charge in [0.1, 0.15) is 0 Å². The molecule has 1 aromatic rings. The Labute approximate surface area is 131 Å². The standard InChI is InChI=1S/C16H26N4O2/c1-19(2)16(5-9-22-10-6-16)11-18-14(21)15(3-4-15)12-20-8-7-17-13-20/h7-8,13H,3-6,9-12H2,1-2H3,(H,18,21). The number of likely N-dealkylation sites (N-methyl/N-ethyl adjacent to an activating group) is 1. The Kier molecular flexibility index (Phi) is 4.23. The summed E-state index contributed by atoms with van der Waals surface area (Å²) < 4.78 is 7.48. The first-order valence-corrected chi connectivity index (χ1v) is 8.06. The SMILES string of the molecule is CN(C)C1(CNC(=O)C2(Cn3ccnc3)CC2)CCOCC1. The van der Waals surface area contributed by atoms with E-state index in [0.29, 0.717) is 6.54 Å². The minimum atomic E-state index is -0.223. The average Bonchev–Trinajstić information content (AvgIpc) is 3.12. The first kappa shape index (κ1) is 15.5. The van der Waals surface area contributed by atoms with E-state index in [1.807, 2.05) is 10.8 Å². The number of carbonyl (C=O) groups is 1. The van der Waals surface area contributed by atoms with E-state index in [2.05, 4.69) is 29.3 Å². The number of ether oxygens (including phenoxy) is 1. The zero-order valence-electron chi connectivity index (χ0n) is 13.5. The van der Waals surface area contributed by atoms with Crippen molar-refractivity contribution in [3.63, 3.8) is 0 Å². The highest BCUT2D eigenvalue weighted by molar-refractivity contribution is 5.85. The molecule has 2 aliphatic rings. The maximum absolute atomic E-state index is 12.7. The smallest absolute Gasteiger partial charge is 0.228 e. The van der Waals surface area contributed by atoms with Gasteiger partial charge in [0.15, 0.2) is 0 Å². The van der Waals surface area contributed by atoms with Crippen LogP contribution in [0, 0.1) is 5.41 Å². The Morgan fingerprint density at radius 3 is 2.59 bits per heavy atom. The van der Waals surface area contributed by atoms with Gasteiger partial charge in [-0.3, -0.25) is 4.79 Å². The Bertz CT molecular complexity index is 502. The fourth-order valence-electron chi connectivity index (χ4n) is 3.30. The summed E-state index contributed by atoms with van der Waals surface area (Å²) in [7, 11) is 4.19. The monoisotopic (exact) mass is 306 g/mol. The molecule has 2 fully saturated rings. The van der Waals surface area contributed by atoms with Crippen LogP contribution in [0.2, 0.25) is 0 Å². The minimum absolute atomic E-state index is 0.0268. The zero-order valence-corrected chi connectivity index (χ0v) is 13.5. The molecule has 6 heteroatoms. The van der Waals surface area contributed by atoms with Gasteiger partial charge in [-0.25, -0.2) is 4.98 Å². The fourth-order valence-corrected chi connectivity index (χ4v) is 3.30. The summed E-state index contributed by atoms with van der Waals surface area (Å²) in [4.78, 5) is 19.0. The number of imidazole rings is 1. The van der Waals surface area contributed by atoms with E-state index in [0.717, 1.165) is 45.4 Å². The molecule has 0 atom stereocenters. The minimum Gasteiger partial charge on any atom is -0.381 e. The molecule has 122 valence electrons. The highest BCUT2D eigenvalue weighted by Crippen LogP contribution is 2.47. The average molecular weight is 306 g/mol. The molecule has 22 heavy (non-hydrogen) atoms. The molecule has 1 saturated carbocycles. The van der Waals surface area contributed by atoms with Crippen LogP contribution in [0.3, 0.4) is 0 Å². The van der Waals surface area contributed by atoms with Crippen molar-refractivity contribution in [3.8, 4) is 0 Å². The highest BCUT2D eigenvalue weighted by Gasteiger charge is 2.50. The van der Waals surface area contributed by atoms with E-state index in [9.17, 15) is 4.79 Å². The number of hydrogen-bond acceptors (Lipinski definition) is 4. The molecule has 0 spiro atoms. The first-order valence-electron chi connectivity index (χ1n) is 8.06. The lowest BCUT2D eigenvalue weighted by Gasteiger charge is -2.43. The molecule has 1 aliphatic carbocycles. The second-order valence-electron chi connectivity index (χ2n) is 6.93. The van der Waals surface area contributed by atoms with E-state index in [4.69, 9.17) is 4.74 Å². The number of carbonyl (C=O) groups excluding carboxylic acids is 1. The van der Waals surface area contributed by atoms with Crippen molar-refractivity contribution in [1.82, 2.24) is 19.8 Å². The summed E-state index contributed by atoms with van der Waals surface area (Å²) in [6.45, 7) is 2.98. The normalized spacial score (nSPS) is 22.5. The fraction of sp³-hybridized carbons (Fsp3) is 0.750. The topological polar surface area (TPSA) is 59.4 Å². The lowest BCUT2D eigenvalue weighted by molar-refractivity contribution is -0.128. The molecule has 2 heterocycles. The van der Waals surface area contributed by atoms with Crippen molar-refractivity contribution in [3.05, 3.63) is 18.7 Å². The van der Waals surface area contributed by atoms with Crippen molar-refractivity contribution >= 4 is 5.91 Å². The maximum Gasteiger partial charge on any atom is 0.228 e. The van der Waals surface area contributed by atoms with Crippen LogP contribution in [-0.4, -0.2) is 59.8 Å². The third-order valence-corrected chi connectivity index (χ3v) is 5.33.